The van der Waals surface area contributed by atoms with Gasteiger partial charge in [0.25, 0.3) is 5.91 Å². The molecule has 1 saturated heterocycles. The molecule has 4 aromatic carbocycles. The second-order valence-corrected chi connectivity index (χ2v) is 10.6. The van der Waals surface area contributed by atoms with Gasteiger partial charge in [-0.2, -0.15) is 0 Å². The number of carbonyl (C=O) groups excluding carboxylic acids is 1. The lowest BCUT2D eigenvalue weighted by Crippen LogP contribution is -2.50. The van der Waals surface area contributed by atoms with Gasteiger partial charge >= 0.3 is 0 Å². The standard InChI is InChI=1S/C35H39N3O/c1-29(37(27-30-14-6-2-7-15-30)28-31-16-8-3-9-17-31)26-36-24-22-34(23-25-36)38(33-20-12-5-13-21-33)35(39)32-18-10-4-11-19-32/h2-21,29,34H,22-28H2,1H3. The van der Waals surface area contributed by atoms with E-state index in [2.05, 4.69) is 89.5 Å². The van der Waals surface area contributed by atoms with Gasteiger partial charge in [-0.25, -0.2) is 0 Å². The maximum absolute atomic E-state index is 13.6. The molecule has 4 nitrogen and oxygen atoms in total. The summed E-state index contributed by atoms with van der Waals surface area (Å²) in [5.41, 5.74) is 4.42. The lowest BCUT2D eigenvalue weighted by atomic mass is 10.00. The number of likely N-dealkylation sites (tertiary alicyclic amines) is 1. The van der Waals surface area contributed by atoms with E-state index >= 15 is 0 Å². The summed E-state index contributed by atoms with van der Waals surface area (Å²) >= 11 is 0. The van der Waals surface area contributed by atoms with E-state index in [9.17, 15) is 4.79 Å². The zero-order valence-electron chi connectivity index (χ0n) is 22.9. The number of anilines is 1. The van der Waals surface area contributed by atoms with Crippen molar-refractivity contribution in [1.29, 1.82) is 0 Å². The molecule has 1 fully saturated rings. The molecular weight excluding hydrogens is 478 g/mol. The van der Waals surface area contributed by atoms with Gasteiger partial charge in [0.15, 0.2) is 0 Å². The van der Waals surface area contributed by atoms with Crippen molar-refractivity contribution in [2.24, 2.45) is 0 Å². The predicted octanol–water partition coefficient (Wildman–Crippen LogP) is 6.89. The van der Waals surface area contributed by atoms with Gasteiger partial charge in [-0.15, -0.1) is 0 Å². The second kappa shape index (κ2) is 13.4. The molecule has 4 heteroatoms. The molecule has 0 radical (unpaired) electrons. The third kappa shape index (κ3) is 7.23. The highest BCUT2D eigenvalue weighted by Gasteiger charge is 2.30. The van der Waals surface area contributed by atoms with Crippen LogP contribution in [0.1, 0.15) is 41.3 Å². The topological polar surface area (TPSA) is 26.8 Å². The van der Waals surface area contributed by atoms with Crippen LogP contribution < -0.4 is 4.90 Å². The highest BCUT2D eigenvalue weighted by atomic mass is 16.2. The summed E-state index contributed by atoms with van der Waals surface area (Å²) in [6.45, 7) is 7.22. The number of nitrogens with zero attached hydrogens (tertiary/aromatic N) is 3. The number of hydrogen-bond donors (Lipinski definition) is 0. The van der Waals surface area contributed by atoms with E-state index < -0.39 is 0 Å². The first kappa shape index (κ1) is 26.9. The van der Waals surface area contributed by atoms with E-state index in [0.29, 0.717) is 6.04 Å². The third-order valence-electron chi connectivity index (χ3n) is 7.80. The molecule has 4 aromatic rings. The molecule has 0 saturated carbocycles. The number of para-hydroxylation sites is 1. The van der Waals surface area contributed by atoms with Gasteiger partial charge in [-0.05, 0) is 55.2 Å². The average molecular weight is 518 g/mol. The molecular formula is C35H39N3O. The number of hydrogen-bond acceptors (Lipinski definition) is 3. The van der Waals surface area contributed by atoms with Crippen LogP contribution in [0.25, 0.3) is 0 Å². The smallest absolute Gasteiger partial charge is 0.258 e. The minimum absolute atomic E-state index is 0.0884. The number of rotatable bonds is 10. The Morgan fingerprint density at radius 2 is 1.18 bits per heavy atom. The van der Waals surface area contributed by atoms with Gasteiger partial charge in [0, 0.05) is 56.1 Å². The van der Waals surface area contributed by atoms with Crippen LogP contribution in [0.4, 0.5) is 5.69 Å². The Kier molecular flexibility index (Phi) is 9.21. The second-order valence-electron chi connectivity index (χ2n) is 10.6. The maximum Gasteiger partial charge on any atom is 0.258 e. The van der Waals surface area contributed by atoms with Crippen LogP contribution in [-0.2, 0) is 13.1 Å². The first-order valence-electron chi connectivity index (χ1n) is 14.2. The van der Waals surface area contributed by atoms with Gasteiger partial charge in [-0.3, -0.25) is 9.69 Å². The Morgan fingerprint density at radius 1 is 0.718 bits per heavy atom. The largest absolute Gasteiger partial charge is 0.305 e. The van der Waals surface area contributed by atoms with Crippen molar-refractivity contribution >= 4 is 11.6 Å². The zero-order valence-corrected chi connectivity index (χ0v) is 22.9. The fourth-order valence-corrected chi connectivity index (χ4v) is 5.65. The molecule has 0 bridgehead atoms. The first-order chi connectivity index (χ1) is 19.2. The zero-order chi connectivity index (χ0) is 26.9. The summed E-state index contributed by atoms with van der Waals surface area (Å²) in [7, 11) is 0. The van der Waals surface area contributed by atoms with Gasteiger partial charge in [0.1, 0.15) is 0 Å². The van der Waals surface area contributed by atoms with E-state index in [1.807, 2.05) is 53.4 Å². The summed E-state index contributed by atoms with van der Waals surface area (Å²) in [5.74, 6) is 0.0884. The monoisotopic (exact) mass is 517 g/mol. The molecule has 5 rings (SSSR count). The van der Waals surface area contributed by atoms with Gasteiger partial charge in [-0.1, -0.05) is 97.1 Å². The SMILES string of the molecule is CC(CN1CCC(N(C(=O)c2ccccc2)c2ccccc2)CC1)N(Cc1ccccc1)Cc1ccccc1. The molecule has 1 aliphatic rings. The molecule has 0 aromatic heterocycles. The fraction of sp³-hybridized carbons (Fsp3) is 0.286. The van der Waals surface area contributed by atoms with Crippen molar-refractivity contribution in [3.63, 3.8) is 0 Å². The van der Waals surface area contributed by atoms with Crippen molar-refractivity contribution in [3.05, 3.63) is 138 Å². The lowest BCUT2D eigenvalue weighted by molar-refractivity contribution is 0.0938. The summed E-state index contributed by atoms with van der Waals surface area (Å²) in [6.07, 6.45) is 1.94. The number of benzene rings is 4. The van der Waals surface area contributed by atoms with Gasteiger partial charge < -0.3 is 9.80 Å². The summed E-state index contributed by atoms with van der Waals surface area (Å²) in [6, 6.07) is 42.0. The van der Waals surface area contributed by atoms with Crippen molar-refractivity contribution < 1.29 is 4.79 Å². The molecule has 1 aliphatic heterocycles. The van der Waals surface area contributed by atoms with Gasteiger partial charge in [0.2, 0.25) is 0 Å². The quantitative estimate of drug-likeness (QED) is 0.229. The van der Waals surface area contributed by atoms with Crippen molar-refractivity contribution in [3.8, 4) is 0 Å². The Morgan fingerprint density at radius 3 is 1.69 bits per heavy atom. The Balaban J connectivity index is 1.25. The molecule has 39 heavy (non-hydrogen) atoms. The molecule has 0 spiro atoms. The normalized spacial score (nSPS) is 15.2. The first-order valence-corrected chi connectivity index (χ1v) is 14.2. The minimum atomic E-state index is 0.0884. The molecule has 0 aliphatic carbocycles. The fourth-order valence-electron chi connectivity index (χ4n) is 5.65. The predicted molar refractivity (Wildman–Crippen MR) is 161 cm³/mol. The molecule has 1 atom stereocenters. The van der Waals surface area contributed by atoms with E-state index in [-0.39, 0.29) is 11.9 Å². The molecule has 0 N–H and O–H groups in total. The van der Waals surface area contributed by atoms with E-state index in [0.717, 1.165) is 56.8 Å². The summed E-state index contributed by atoms with van der Waals surface area (Å²) < 4.78 is 0. The molecule has 200 valence electrons. The minimum Gasteiger partial charge on any atom is -0.305 e. The van der Waals surface area contributed by atoms with Crippen LogP contribution in [0.3, 0.4) is 0 Å². The highest BCUT2D eigenvalue weighted by molar-refractivity contribution is 6.06. The summed E-state index contributed by atoms with van der Waals surface area (Å²) in [4.78, 5) is 20.9. The van der Waals surface area contributed by atoms with Crippen LogP contribution >= 0.6 is 0 Å². The summed E-state index contributed by atoms with van der Waals surface area (Å²) in [5, 5.41) is 0. The van der Waals surface area contributed by atoms with Gasteiger partial charge in [0.05, 0.1) is 0 Å². The number of amides is 1. The Hall–Kier alpha value is -3.73. The average Bonchev–Trinajstić information content (AvgIpc) is 3.00. The molecule has 1 unspecified atom stereocenters. The number of carbonyl (C=O) groups is 1. The number of piperidine rings is 1. The van der Waals surface area contributed by atoms with Crippen LogP contribution in [0.5, 0.6) is 0 Å². The Labute approximate surface area is 233 Å². The van der Waals surface area contributed by atoms with Crippen molar-refractivity contribution in [2.75, 3.05) is 24.5 Å². The van der Waals surface area contributed by atoms with Crippen LogP contribution in [0.2, 0.25) is 0 Å². The molecule has 1 heterocycles. The lowest BCUT2D eigenvalue weighted by Gasteiger charge is -2.40. The van der Waals surface area contributed by atoms with Crippen LogP contribution in [-0.4, -0.2) is 47.4 Å². The third-order valence-corrected chi connectivity index (χ3v) is 7.80. The molecule has 1 amide bonds. The van der Waals surface area contributed by atoms with E-state index in [1.165, 1.54) is 11.1 Å². The van der Waals surface area contributed by atoms with E-state index in [1.54, 1.807) is 0 Å². The van der Waals surface area contributed by atoms with Crippen LogP contribution in [0.15, 0.2) is 121 Å². The van der Waals surface area contributed by atoms with Crippen molar-refractivity contribution in [2.45, 2.75) is 44.9 Å². The maximum atomic E-state index is 13.6. The van der Waals surface area contributed by atoms with Crippen LogP contribution in [0, 0.1) is 0 Å². The highest BCUT2D eigenvalue weighted by Crippen LogP contribution is 2.26. The van der Waals surface area contributed by atoms with E-state index in [4.69, 9.17) is 0 Å². The van der Waals surface area contributed by atoms with Crippen molar-refractivity contribution in [1.82, 2.24) is 9.80 Å². The Bertz CT molecular complexity index is 1230.